The van der Waals surface area contributed by atoms with Crippen molar-refractivity contribution in [3.8, 4) is 0 Å². The maximum atomic E-state index is 4.37. The Kier molecular flexibility index (Phi) is 5.77. The number of nitrogens with zero attached hydrogens (tertiary/aromatic N) is 2. The van der Waals surface area contributed by atoms with Crippen LogP contribution in [0.15, 0.2) is 6.20 Å². The fraction of sp³-hybridized carbons (Fsp3) is 0.750. The number of nitrogens with one attached hydrogen (secondary N) is 1. The first-order chi connectivity index (χ1) is 8.38. The molecule has 1 aromatic rings. The molecule has 0 atom stereocenters. The topological polar surface area (TPSA) is 28.2 Å². The van der Waals surface area contributed by atoms with E-state index in [1.54, 1.807) is 0 Å². The molecule has 1 N–H and O–H groups in total. The van der Waals surface area contributed by atoms with Crippen molar-refractivity contribution in [2.45, 2.75) is 19.9 Å². The Morgan fingerprint density at radius 2 is 2.24 bits per heavy atom. The first-order valence-electron chi connectivity index (χ1n) is 6.33. The Hall–Kier alpha value is -0.100. The van der Waals surface area contributed by atoms with Gasteiger partial charge in [0.2, 0.25) is 0 Å². The molecule has 5 heteroatoms. The van der Waals surface area contributed by atoms with Gasteiger partial charge >= 0.3 is 0 Å². The highest BCUT2D eigenvalue weighted by molar-refractivity contribution is 7.99. The van der Waals surface area contributed by atoms with Gasteiger partial charge in [0.15, 0.2) is 0 Å². The van der Waals surface area contributed by atoms with Gasteiger partial charge in [-0.25, -0.2) is 4.98 Å². The van der Waals surface area contributed by atoms with Crippen molar-refractivity contribution in [1.82, 2.24) is 15.2 Å². The highest BCUT2D eigenvalue weighted by Gasteiger charge is 2.09. The lowest BCUT2D eigenvalue weighted by Gasteiger charge is -2.25. The van der Waals surface area contributed by atoms with Crippen LogP contribution in [0.5, 0.6) is 0 Å². The van der Waals surface area contributed by atoms with Gasteiger partial charge in [-0.05, 0) is 6.42 Å². The van der Waals surface area contributed by atoms with E-state index in [4.69, 9.17) is 0 Å². The first-order valence-corrected chi connectivity index (χ1v) is 8.30. The molecule has 17 heavy (non-hydrogen) atoms. The van der Waals surface area contributed by atoms with Gasteiger partial charge in [0.25, 0.3) is 0 Å². The molecule has 1 fully saturated rings. The van der Waals surface area contributed by atoms with Crippen LogP contribution in [0.25, 0.3) is 0 Å². The second kappa shape index (κ2) is 7.36. The Bertz CT molecular complexity index is 321. The predicted molar refractivity (Wildman–Crippen MR) is 77.0 cm³/mol. The summed E-state index contributed by atoms with van der Waals surface area (Å²) in [5.41, 5.74) is 0. The summed E-state index contributed by atoms with van der Waals surface area (Å²) in [5.74, 6) is 2.60. The molecule has 0 bridgehead atoms. The minimum Gasteiger partial charge on any atom is -0.311 e. The maximum Gasteiger partial charge on any atom is 0.0925 e. The monoisotopic (exact) mass is 271 g/mol. The molecule has 0 aromatic carbocycles. The van der Waals surface area contributed by atoms with E-state index in [1.807, 2.05) is 17.5 Å². The summed E-state index contributed by atoms with van der Waals surface area (Å²) in [5, 5.41) is 4.75. The molecule has 0 unspecified atom stereocenters. The lowest BCUT2D eigenvalue weighted by Crippen LogP contribution is -2.37. The van der Waals surface area contributed by atoms with E-state index in [-0.39, 0.29) is 0 Å². The third kappa shape index (κ3) is 4.58. The minimum absolute atomic E-state index is 0.972. The number of thioether (sulfide) groups is 1. The van der Waals surface area contributed by atoms with Crippen LogP contribution in [0.1, 0.15) is 16.8 Å². The molecular formula is C12H21N3S2. The molecule has 3 nitrogen and oxygen atoms in total. The number of rotatable bonds is 6. The van der Waals surface area contributed by atoms with Gasteiger partial charge in [-0.3, -0.25) is 0 Å². The highest BCUT2D eigenvalue weighted by atomic mass is 32.2. The number of thiazole rings is 1. The van der Waals surface area contributed by atoms with Crippen molar-refractivity contribution in [2.24, 2.45) is 0 Å². The van der Waals surface area contributed by atoms with Crippen LogP contribution in [0.4, 0.5) is 0 Å². The quantitative estimate of drug-likeness (QED) is 0.799. The molecule has 1 aromatic heterocycles. The van der Waals surface area contributed by atoms with Gasteiger partial charge in [-0.2, -0.15) is 11.8 Å². The summed E-state index contributed by atoms with van der Waals surface area (Å²) < 4.78 is 0. The average Bonchev–Trinajstić information content (AvgIpc) is 2.84. The van der Waals surface area contributed by atoms with Crippen LogP contribution < -0.4 is 5.32 Å². The van der Waals surface area contributed by atoms with Crippen LogP contribution in [0, 0.1) is 0 Å². The second-order valence-corrected chi connectivity index (χ2v) is 6.63. The second-order valence-electron chi connectivity index (χ2n) is 4.20. The first kappa shape index (κ1) is 13.3. The van der Waals surface area contributed by atoms with Crippen molar-refractivity contribution in [3.63, 3.8) is 0 Å². The lowest BCUT2D eigenvalue weighted by molar-refractivity contribution is 0.301. The Balaban J connectivity index is 1.59. The minimum atomic E-state index is 0.972. The van der Waals surface area contributed by atoms with E-state index in [9.17, 15) is 0 Å². The summed E-state index contributed by atoms with van der Waals surface area (Å²) >= 11 is 3.90. The molecule has 1 aliphatic rings. The number of aromatic nitrogens is 1. The maximum absolute atomic E-state index is 4.37. The van der Waals surface area contributed by atoms with Crippen molar-refractivity contribution in [1.29, 1.82) is 0 Å². The van der Waals surface area contributed by atoms with Crippen LogP contribution >= 0.6 is 23.1 Å². The third-order valence-corrected chi connectivity index (χ3v) is 5.00. The van der Waals surface area contributed by atoms with Crippen LogP contribution in [-0.4, -0.2) is 47.6 Å². The number of aryl methyl sites for hydroxylation is 1. The summed E-state index contributed by atoms with van der Waals surface area (Å²) in [7, 11) is 0. The van der Waals surface area contributed by atoms with Crippen molar-refractivity contribution >= 4 is 23.1 Å². The molecule has 1 saturated heterocycles. The molecule has 2 rings (SSSR count). The molecule has 0 radical (unpaired) electrons. The normalized spacial score (nSPS) is 17.5. The molecule has 0 aliphatic carbocycles. The smallest absolute Gasteiger partial charge is 0.0925 e. The standard InChI is InChI=1S/C12H21N3S2/c1-2-12-14-10-11(17-12)9-13-3-4-15-5-7-16-8-6-15/h10,13H,2-9H2,1H3. The van der Waals surface area contributed by atoms with E-state index in [0.29, 0.717) is 0 Å². The summed E-state index contributed by atoms with van der Waals surface area (Å²) in [6.45, 7) is 7.91. The Morgan fingerprint density at radius 1 is 1.41 bits per heavy atom. The number of hydrogen-bond donors (Lipinski definition) is 1. The molecule has 0 saturated carbocycles. The SMILES string of the molecule is CCc1ncc(CNCCN2CCSCC2)s1. The van der Waals surface area contributed by atoms with Crippen molar-refractivity contribution in [3.05, 3.63) is 16.1 Å². The van der Waals surface area contributed by atoms with E-state index < -0.39 is 0 Å². The van der Waals surface area contributed by atoms with Crippen LogP contribution in [-0.2, 0) is 13.0 Å². The molecule has 0 amide bonds. The van der Waals surface area contributed by atoms with Gasteiger partial charge in [0, 0.05) is 55.3 Å². The van der Waals surface area contributed by atoms with Gasteiger partial charge in [-0.1, -0.05) is 6.92 Å². The van der Waals surface area contributed by atoms with E-state index in [0.717, 1.165) is 19.5 Å². The van der Waals surface area contributed by atoms with E-state index >= 15 is 0 Å². The van der Waals surface area contributed by atoms with Gasteiger partial charge < -0.3 is 10.2 Å². The highest BCUT2D eigenvalue weighted by Crippen LogP contribution is 2.12. The third-order valence-electron chi connectivity index (χ3n) is 2.91. The van der Waals surface area contributed by atoms with Crippen molar-refractivity contribution < 1.29 is 0 Å². The Labute approximate surface area is 112 Å². The molecule has 1 aliphatic heterocycles. The van der Waals surface area contributed by atoms with Crippen molar-refractivity contribution in [2.75, 3.05) is 37.7 Å². The molecule has 96 valence electrons. The zero-order valence-electron chi connectivity index (χ0n) is 10.4. The van der Waals surface area contributed by atoms with Crippen LogP contribution in [0.2, 0.25) is 0 Å². The summed E-state index contributed by atoms with van der Waals surface area (Å²) in [4.78, 5) is 8.28. The summed E-state index contributed by atoms with van der Waals surface area (Å²) in [6, 6.07) is 0. The summed E-state index contributed by atoms with van der Waals surface area (Å²) in [6.07, 6.45) is 3.06. The van der Waals surface area contributed by atoms with E-state index in [1.165, 1.54) is 41.0 Å². The fourth-order valence-electron chi connectivity index (χ4n) is 1.87. The van der Waals surface area contributed by atoms with Gasteiger partial charge in [-0.15, -0.1) is 11.3 Å². The zero-order valence-corrected chi connectivity index (χ0v) is 12.1. The van der Waals surface area contributed by atoms with Crippen LogP contribution in [0.3, 0.4) is 0 Å². The number of hydrogen-bond acceptors (Lipinski definition) is 5. The van der Waals surface area contributed by atoms with Gasteiger partial charge in [0.1, 0.15) is 0 Å². The van der Waals surface area contributed by atoms with E-state index in [2.05, 4.69) is 33.9 Å². The Morgan fingerprint density at radius 3 is 2.94 bits per heavy atom. The average molecular weight is 271 g/mol. The largest absolute Gasteiger partial charge is 0.311 e. The molecule has 2 heterocycles. The van der Waals surface area contributed by atoms with Gasteiger partial charge in [0.05, 0.1) is 5.01 Å². The fourth-order valence-corrected chi connectivity index (χ4v) is 3.68. The molecular weight excluding hydrogens is 250 g/mol. The zero-order chi connectivity index (χ0) is 11.9. The molecule has 0 spiro atoms. The lowest BCUT2D eigenvalue weighted by atomic mass is 10.4. The predicted octanol–water partition coefficient (Wildman–Crippen LogP) is 1.84.